The molecule has 1 aliphatic heterocycles. The van der Waals surface area contributed by atoms with E-state index in [1.165, 1.54) is 49.7 Å². The normalized spacial score (nSPS) is 19.2. The predicted octanol–water partition coefficient (Wildman–Crippen LogP) is 6.79. The summed E-state index contributed by atoms with van der Waals surface area (Å²) in [5, 5.41) is 14.1. The molecule has 4 aromatic rings. The van der Waals surface area contributed by atoms with Crippen LogP contribution in [0.1, 0.15) is 75.3 Å². The Hall–Kier alpha value is -3.08. The van der Waals surface area contributed by atoms with E-state index in [-0.39, 0.29) is 29.4 Å². The second-order valence-corrected chi connectivity index (χ2v) is 13.0. The lowest BCUT2D eigenvalue weighted by molar-refractivity contribution is -0.711. The topological polar surface area (TPSA) is 46.2 Å². The number of ether oxygens (including phenoxy) is 1. The van der Waals surface area contributed by atoms with Crippen molar-refractivity contribution in [3.8, 4) is 11.3 Å². The first-order valence-corrected chi connectivity index (χ1v) is 13.8. The summed E-state index contributed by atoms with van der Waals surface area (Å²) < 4.78 is 7.92. The Bertz CT molecular complexity index is 1610. The summed E-state index contributed by atoms with van der Waals surface area (Å²) in [7, 11) is 1.76. The van der Waals surface area contributed by atoms with Gasteiger partial charge in [0, 0.05) is 30.6 Å². The van der Waals surface area contributed by atoms with E-state index in [4.69, 9.17) is 9.72 Å². The number of rotatable bonds is 6. The monoisotopic (exact) mass is 507 g/mol. The van der Waals surface area contributed by atoms with Gasteiger partial charge in [0.05, 0.1) is 12.0 Å². The smallest absolute Gasteiger partial charge is 0.287 e. The molecular weight excluding hydrogens is 468 g/mol. The van der Waals surface area contributed by atoms with Crippen molar-refractivity contribution in [3.63, 3.8) is 0 Å². The van der Waals surface area contributed by atoms with Crippen LogP contribution in [-0.4, -0.2) is 30.4 Å². The lowest BCUT2D eigenvalue weighted by Gasteiger charge is -2.42. The molecule has 0 saturated carbocycles. The van der Waals surface area contributed by atoms with Gasteiger partial charge in [-0.2, -0.15) is 0 Å². The fourth-order valence-electron chi connectivity index (χ4n) is 7.15. The van der Waals surface area contributed by atoms with Crippen molar-refractivity contribution in [3.05, 3.63) is 83.2 Å². The number of aliphatic hydroxyl groups excluding tert-OH is 1. The van der Waals surface area contributed by atoms with Crippen molar-refractivity contribution in [1.82, 2.24) is 4.98 Å². The van der Waals surface area contributed by atoms with Crippen molar-refractivity contribution in [1.29, 1.82) is 0 Å². The predicted molar refractivity (Wildman–Crippen MR) is 155 cm³/mol. The first kappa shape index (κ1) is 25.2. The van der Waals surface area contributed by atoms with Crippen LogP contribution in [0.25, 0.3) is 32.9 Å². The van der Waals surface area contributed by atoms with Gasteiger partial charge in [0.15, 0.2) is 5.52 Å². The van der Waals surface area contributed by atoms with E-state index >= 15 is 0 Å². The third-order valence-corrected chi connectivity index (χ3v) is 8.71. The highest BCUT2D eigenvalue weighted by molar-refractivity contribution is 6.04. The number of aliphatic hydroxyl groups is 1. The Morgan fingerprint density at radius 1 is 1.13 bits per heavy atom. The Labute approximate surface area is 226 Å². The molecule has 38 heavy (non-hydrogen) atoms. The van der Waals surface area contributed by atoms with Crippen LogP contribution in [0.15, 0.2) is 60.9 Å². The molecule has 1 N–H and O–H groups in total. The Morgan fingerprint density at radius 3 is 2.61 bits per heavy atom. The highest BCUT2D eigenvalue weighted by Gasteiger charge is 2.47. The summed E-state index contributed by atoms with van der Waals surface area (Å²) in [5.74, 6) is 0.115. The standard InChI is InChI=1S/C34H39N2O2/c1-20(18-37)31-24(12-13-38-7)28-23-11-9-8-10-22(23)16-26-30(28)32-29-25(34(26,5)6)14-21(17-33(2,3)4)15-27(29)35-19-36(31)32/h8-11,14-16,19,24,31,37H,1,12-13,17-18H2,2-7H3/q+1. The van der Waals surface area contributed by atoms with E-state index in [1.807, 2.05) is 6.33 Å². The molecule has 1 aliphatic carbocycles. The number of nitrogens with zero attached hydrogens (tertiary/aromatic N) is 2. The van der Waals surface area contributed by atoms with Crippen LogP contribution in [0, 0.1) is 5.41 Å². The van der Waals surface area contributed by atoms with Gasteiger partial charge in [-0.25, -0.2) is 4.57 Å². The van der Waals surface area contributed by atoms with Gasteiger partial charge in [-0.15, -0.1) is 0 Å². The molecule has 1 aromatic heterocycles. The van der Waals surface area contributed by atoms with Gasteiger partial charge >= 0.3 is 0 Å². The fourth-order valence-corrected chi connectivity index (χ4v) is 7.15. The molecule has 0 saturated heterocycles. The van der Waals surface area contributed by atoms with Crippen molar-refractivity contribution >= 4 is 21.7 Å². The molecule has 4 heteroatoms. The van der Waals surface area contributed by atoms with E-state index < -0.39 is 0 Å². The molecule has 0 spiro atoms. The molecular formula is C34H39N2O2+. The van der Waals surface area contributed by atoms with Gasteiger partial charge in [0.2, 0.25) is 0 Å². The maximum atomic E-state index is 10.4. The van der Waals surface area contributed by atoms with Crippen LogP contribution < -0.4 is 4.57 Å². The molecule has 2 atom stereocenters. The SMILES string of the molecule is C=C(CO)C1C(CCOC)c2c3c(cc4ccccc24)C(C)(C)c2cc(CC(C)(C)C)cc4nc[n+]1c-3c24. The average Bonchev–Trinajstić information content (AvgIpc) is 2.87. The van der Waals surface area contributed by atoms with Crippen LogP contribution in [-0.2, 0) is 16.6 Å². The lowest BCUT2D eigenvalue weighted by Crippen LogP contribution is -2.51. The number of hydrogen-bond donors (Lipinski definition) is 1. The van der Waals surface area contributed by atoms with Crippen molar-refractivity contribution in [2.75, 3.05) is 20.3 Å². The Balaban J connectivity index is 1.79. The largest absolute Gasteiger partial charge is 0.392 e. The lowest BCUT2D eigenvalue weighted by atomic mass is 9.64. The zero-order chi connectivity index (χ0) is 27.0. The number of methoxy groups -OCH3 is 1. The third kappa shape index (κ3) is 3.65. The molecule has 4 nitrogen and oxygen atoms in total. The zero-order valence-electron chi connectivity index (χ0n) is 23.6. The van der Waals surface area contributed by atoms with Crippen LogP contribution in [0.2, 0.25) is 0 Å². The minimum atomic E-state index is -0.194. The maximum Gasteiger partial charge on any atom is 0.287 e. The molecule has 6 rings (SSSR count). The van der Waals surface area contributed by atoms with Crippen molar-refractivity contribution in [2.24, 2.45) is 5.41 Å². The Kier molecular flexibility index (Phi) is 5.79. The molecule has 196 valence electrons. The third-order valence-electron chi connectivity index (χ3n) is 8.71. The number of aromatic nitrogens is 2. The molecule has 0 bridgehead atoms. The summed E-state index contributed by atoms with van der Waals surface area (Å²) in [6.45, 7) is 16.6. The second-order valence-electron chi connectivity index (χ2n) is 13.0. The summed E-state index contributed by atoms with van der Waals surface area (Å²) >= 11 is 0. The quantitative estimate of drug-likeness (QED) is 0.231. The average molecular weight is 508 g/mol. The van der Waals surface area contributed by atoms with Crippen LogP contribution >= 0.6 is 0 Å². The first-order valence-electron chi connectivity index (χ1n) is 13.8. The van der Waals surface area contributed by atoms with Crippen LogP contribution in [0.5, 0.6) is 0 Å². The fraction of sp³-hybridized carbons (Fsp3) is 0.412. The van der Waals surface area contributed by atoms with Crippen molar-refractivity contribution in [2.45, 2.75) is 64.8 Å². The highest BCUT2D eigenvalue weighted by Crippen LogP contribution is 2.56. The van der Waals surface area contributed by atoms with E-state index in [0.29, 0.717) is 6.61 Å². The molecule has 2 aliphatic rings. The molecule has 0 fully saturated rings. The summed E-state index contributed by atoms with van der Waals surface area (Å²) in [5.41, 5.74) is 9.80. The minimum Gasteiger partial charge on any atom is -0.392 e. The van der Waals surface area contributed by atoms with Gasteiger partial charge in [-0.05, 0) is 74.0 Å². The van der Waals surface area contributed by atoms with E-state index in [0.717, 1.165) is 23.9 Å². The highest BCUT2D eigenvalue weighted by atomic mass is 16.5. The molecule has 3 aromatic carbocycles. The molecule has 0 radical (unpaired) electrons. The maximum absolute atomic E-state index is 10.4. The van der Waals surface area contributed by atoms with Crippen LogP contribution in [0.4, 0.5) is 0 Å². The summed E-state index contributed by atoms with van der Waals surface area (Å²) in [6.07, 6.45) is 3.83. The molecule has 2 unspecified atom stereocenters. The number of benzene rings is 3. The summed E-state index contributed by atoms with van der Waals surface area (Å²) in [4.78, 5) is 5.07. The van der Waals surface area contributed by atoms with Gasteiger partial charge in [0.25, 0.3) is 6.33 Å². The number of hydrogen-bond acceptors (Lipinski definition) is 3. The van der Waals surface area contributed by atoms with Gasteiger partial charge in [0.1, 0.15) is 11.7 Å². The van der Waals surface area contributed by atoms with Gasteiger partial charge in [-0.1, -0.05) is 71.5 Å². The van der Waals surface area contributed by atoms with Crippen molar-refractivity contribution < 1.29 is 14.4 Å². The number of fused-ring (bicyclic) bond motifs is 2. The van der Waals surface area contributed by atoms with E-state index in [9.17, 15) is 5.11 Å². The minimum absolute atomic E-state index is 0.0611. The van der Waals surface area contributed by atoms with E-state index in [2.05, 4.69) is 88.2 Å². The molecule has 2 heterocycles. The zero-order valence-corrected chi connectivity index (χ0v) is 23.6. The Morgan fingerprint density at radius 2 is 1.89 bits per heavy atom. The summed E-state index contributed by atoms with van der Waals surface area (Å²) in [6, 6.07) is 15.8. The van der Waals surface area contributed by atoms with Gasteiger partial charge < -0.3 is 9.84 Å². The second kappa shape index (κ2) is 8.72. The first-order chi connectivity index (χ1) is 18.1. The van der Waals surface area contributed by atoms with Crippen LogP contribution in [0.3, 0.4) is 0 Å². The van der Waals surface area contributed by atoms with Gasteiger partial charge in [-0.3, -0.25) is 0 Å². The molecule has 0 amide bonds. The van der Waals surface area contributed by atoms with E-state index in [1.54, 1.807) is 7.11 Å².